The summed E-state index contributed by atoms with van der Waals surface area (Å²) in [6.07, 6.45) is 3.19. The van der Waals surface area contributed by atoms with Gasteiger partial charge in [-0.05, 0) is 35.2 Å². The Morgan fingerprint density at radius 1 is 0.893 bits per heavy atom. The van der Waals surface area contributed by atoms with E-state index in [0.717, 1.165) is 16.5 Å². The third kappa shape index (κ3) is 3.83. The first-order valence-corrected chi connectivity index (χ1v) is 9.05. The minimum Gasteiger partial charge on any atom is -0.330 e. The topological polar surface area (TPSA) is 66.1 Å². The highest BCUT2D eigenvalue weighted by Crippen LogP contribution is 2.15. The predicted molar refractivity (Wildman–Crippen MR) is 109 cm³/mol. The largest absolute Gasteiger partial charge is 0.330 e. The molecule has 0 aliphatic carbocycles. The summed E-state index contributed by atoms with van der Waals surface area (Å²) in [5.74, 6) is -0.140. The lowest BCUT2D eigenvalue weighted by molar-refractivity contribution is 0.0729. The Hall–Kier alpha value is -3.73. The van der Waals surface area contributed by atoms with Crippen molar-refractivity contribution in [3.63, 3.8) is 0 Å². The van der Waals surface area contributed by atoms with Crippen LogP contribution in [0, 0.1) is 0 Å². The molecule has 0 atom stereocenters. The molecule has 2 aromatic carbocycles. The number of nitrogens with one attached hydrogen (secondary N) is 1. The highest BCUT2D eigenvalue weighted by atomic mass is 16.2. The van der Waals surface area contributed by atoms with Gasteiger partial charge in [-0.2, -0.15) is 0 Å². The molecule has 0 aliphatic heterocycles. The maximum Gasteiger partial charge on any atom is 0.254 e. The molecule has 2 heterocycles. The zero-order valence-electron chi connectivity index (χ0n) is 15.2. The van der Waals surface area contributed by atoms with Crippen molar-refractivity contribution < 1.29 is 4.79 Å². The van der Waals surface area contributed by atoms with Crippen molar-refractivity contribution in [2.75, 3.05) is 0 Å². The number of hydrogen-bond acceptors (Lipinski definition) is 3. The van der Waals surface area contributed by atoms with Crippen molar-refractivity contribution in [1.82, 2.24) is 14.9 Å². The molecule has 28 heavy (non-hydrogen) atoms. The Bertz CT molecular complexity index is 1150. The number of aromatic amines is 1. The number of carbonyl (C=O) groups is 1. The average Bonchev–Trinajstić information content (AvgIpc) is 2.74. The van der Waals surface area contributed by atoms with Crippen LogP contribution >= 0.6 is 0 Å². The van der Waals surface area contributed by atoms with Crippen molar-refractivity contribution in [3.05, 3.63) is 112 Å². The van der Waals surface area contributed by atoms with Crippen LogP contribution in [0.3, 0.4) is 0 Å². The molecular formula is C23H19N3O2. The number of aromatic nitrogens is 2. The number of carbonyl (C=O) groups excluding carboxylic acids is 1. The Labute approximate surface area is 162 Å². The van der Waals surface area contributed by atoms with Gasteiger partial charge < -0.3 is 9.88 Å². The van der Waals surface area contributed by atoms with E-state index in [1.54, 1.807) is 29.4 Å². The van der Waals surface area contributed by atoms with Crippen LogP contribution in [0.5, 0.6) is 0 Å². The number of fused-ring (bicyclic) bond motifs is 1. The molecule has 0 aliphatic rings. The summed E-state index contributed by atoms with van der Waals surface area (Å²) in [7, 11) is 0. The molecule has 0 radical (unpaired) electrons. The number of hydrogen-bond donors (Lipinski definition) is 1. The lowest BCUT2D eigenvalue weighted by Crippen LogP contribution is -2.32. The number of benzene rings is 2. The van der Waals surface area contributed by atoms with E-state index in [1.165, 1.54) is 0 Å². The van der Waals surface area contributed by atoms with Crippen LogP contribution in [0.15, 0.2) is 90.0 Å². The predicted octanol–water partition coefficient (Wildman–Crippen LogP) is 3.77. The summed E-state index contributed by atoms with van der Waals surface area (Å²) in [6, 6.07) is 22.6. The van der Waals surface area contributed by atoms with Crippen LogP contribution in [0.4, 0.5) is 0 Å². The fourth-order valence-electron chi connectivity index (χ4n) is 3.20. The quantitative estimate of drug-likeness (QED) is 0.582. The summed E-state index contributed by atoms with van der Waals surface area (Å²) >= 11 is 0. The molecule has 0 spiro atoms. The maximum atomic E-state index is 13.1. The van der Waals surface area contributed by atoms with Crippen LogP contribution < -0.4 is 5.56 Å². The van der Waals surface area contributed by atoms with Crippen LogP contribution in [-0.2, 0) is 13.1 Å². The highest BCUT2D eigenvalue weighted by Gasteiger charge is 2.18. The molecular weight excluding hydrogens is 350 g/mol. The zero-order valence-corrected chi connectivity index (χ0v) is 15.2. The molecule has 4 aromatic rings. The Balaban J connectivity index is 1.70. The molecule has 2 aromatic heterocycles. The van der Waals surface area contributed by atoms with E-state index in [2.05, 4.69) is 9.97 Å². The number of amides is 1. The smallest absolute Gasteiger partial charge is 0.254 e. The fourth-order valence-corrected chi connectivity index (χ4v) is 3.20. The van der Waals surface area contributed by atoms with Gasteiger partial charge in [0.25, 0.3) is 11.5 Å². The van der Waals surface area contributed by atoms with Crippen LogP contribution in [-0.4, -0.2) is 20.8 Å². The molecule has 1 amide bonds. The third-order valence-electron chi connectivity index (χ3n) is 4.62. The summed E-state index contributed by atoms with van der Waals surface area (Å²) in [5, 5.41) is 0.938. The molecule has 5 heteroatoms. The molecule has 4 rings (SSSR count). The van der Waals surface area contributed by atoms with E-state index < -0.39 is 0 Å². The van der Waals surface area contributed by atoms with Gasteiger partial charge in [0.1, 0.15) is 0 Å². The second-order valence-electron chi connectivity index (χ2n) is 6.59. The molecule has 5 nitrogen and oxygen atoms in total. The van der Waals surface area contributed by atoms with Gasteiger partial charge in [0.2, 0.25) is 0 Å². The summed E-state index contributed by atoms with van der Waals surface area (Å²) in [5.41, 5.74) is 2.70. The lowest BCUT2D eigenvalue weighted by Gasteiger charge is -2.23. The Morgan fingerprint density at radius 3 is 2.39 bits per heavy atom. The highest BCUT2D eigenvalue weighted by molar-refractivity contribution is 5.94. The lowest BCUT2D eigenvalue weighted by atomic mass is 10.1. The SMILES string of the molecule is O=C(c1ccncc1)N(Cc1ccccc1)Cc1cc2ccccc2[nH]c1=O. The van der Waals surface area contributed by atoms with E-state index in [9.17, 15) is 9.59 Å². The minimum atomic E-state index is -0.181. The van der Waals surface area contributed by atoms with Crippen LogP contribution in [0.25, 0.3) is 10.9 Å². The first-order chi connectivity index (χ1) is 13.7. The molecule has 0 saturated carbocycles. The molecule has 0 fully saturated rings. The summed E-state index contributed by atoms with van der Waals surface area (Å²) < 4.78 is 0. The van der Waals surface area contributed by atoms with Gasteiger partial charge in [0, 0.05) is 35.6 Å². The van der Waals surface area contributed by atoms with Gasteiger partial charge >= 0.3 is 0 Å². The van der Waals surface area contributed by atoms with Gasteiger partial charge in [-0.3, -0.25) is 14.6 Å². The first kappa shape index (κ1) is 17.7. The number of rotatable bonds is 5. The second kappa shape index (κ2) is 7.88. The Kier molecular flexibility index (Phi) is 4.97. The normalized spacial score (nSPS) is 10.7. The van der Waals surface area contributed by atoms with Crippen LogP contribution in [0.2, 0.25) is 0 Å². The standard InChI is InChI=1S/C23H19N3O2/c27-22-20(14-19-8-4-5-9-21(19)25-22)16-26(15-17-6-2-1-3-7-17)23(28)18-10-12-24-13-11-18/h1-14H,15-16H2,(H,25,27). The van der Waals surface area contributed by atoms with E-state index >= 15 is 0 Å². The first-order valence-electron chi connectivity index (χ1n) is 9.05. The van der Waals surface area contributed by atoms with E-state index in [1.807, 2.05) is 60.7 Å². The van der Waals surface area contributed by atoms with Crippen molar-refractivity contribution in [3.8, 4) is 0 Å². The number of pyridine rings is 2. The zero-order chi connectivity index (χ0) is 19.3. The number of nitrogens with zero attached hydrogens (tertiary/aromatic N) is 2. The van der Waals surface area contributed by atoms with Gasteiger partial charge in [0.05, 0.1) is 6.54 Å². The second-order valence-corrected chi connectivity index (χ2v) is 6.59. The number of para-hydroxylation sites is 1. The third-order valence-corrected chi connectivity index (χ3v) is 4.62. The van der Waals surface area contributed by atoms with Crippen molar-refractivity contribution >= 4 is 16.8 Å². The summed E-state index contributed by atoms with van der Waals surface area (Å²) in [4.78, 5) is 34.3. The fraction of sp³-hybridized carbons (Fsp3) is 0.0870. The van der Waals surface area contributed by atoms with E-state index in [4.69, 9.17) is 0 Å². The van der Waals surface area contributed by atoms with Gasteiger partial charge in [-0.15, -0.1) is 0 Å². The molecule has 138 valence electrons. The van der Waals surface area contributed by atoms with Crippen LogP contribution in [0.1, 0.15) is 21.5 Å². The van der Waals surface area contributed by atoms with E-state index in [0.29, 0.717) is 17.7 Å². The van der Waals surface area contributed by atoms with Gasteiger partial charge in [-0.1, -0.05) is 48.5 Å². The molecule has 0 unspecified atom stereocenters. The summed E-state index contributed by atoms with van der Waals surface area (Å²) in [6.45, 7) is 0.629. The number of H-pyrrole nitrogens is 1. The average molecular weight is 369 g/mol. The van der Waals surface area contributed by atoms with Crippen molar-refractivity contribution in [1.29, 1.82) is 0 Å². The van der Waals surface area contributed by atoms with E-state index in [-0.39, 0.29) is 18.0 Å². The molecule has 0 bridgehead atoms. The molecule has 1 N–H and O–H groups in total. The minimum absolute atomic E-state index is 0.140. The monoisotopic (exact) mass is 369 g/mol. The maximum absolute atomic E-state index is 13.1. The Morgan fingerprint density at radius 2 is 1.61 bits per heavy atom. The molecule has 0 saturated heterocycles. The van der Waals surface area contributed by atoms with Gasteiger partial charge in [-0.25, -0.2) is 0 Å². The van der Waals surface area contributed by atoms with Crippen molar-refractivity contribution in [2.24, 2.45) is 0 Å². The van der Waals surface area contributed by atoms with Crippen molar-refractivity contribution in [2.45, 2.75) is 13.1 Å². The van der Waals surface area contributed by atoms with Gasteiger partial charge in [0.15, 0.2) is 0 Å².